The molecular formula is C10H15ClN2OS. The SMILES string of the molecule is CC(CCS(C)=O)Nc1cccc(Cl)n1. The van der Waals surface area contributed by atoms with E-state index in [2.05, 4.69) is 10.3 Å². The van der Waals surface area contributed by atoms with E-state index in [0.717, 1.165) is 12.2 Å². The third-order valence-corrected chi connectivity index (χ3v) is 2.97. The van der Waals surface area contributed by atoms with Gasteiger partial charge in [-0.05, 0) is 25.5 Å². The fourth-order valence-electron chi connectivity index (χ4n) is 1.16. The van der Waals surface area contributed by atoms with Gasteiger partial charge in [-0.2, -0.15) is 0 Å². The van der Waals surface area contributed by atoms with Gasteiger partial charge in [0, 0.05) is 28.9 Å². The number of hydrogen-bond donors (Lipinski definition) is 1. The van der Waals surface area contributed by atoms with Crippen molar-refractivity contribution in [1.29, 1.82) is 0 Å². The topological polar surface area (TPSA) is 42.0 Å². The molecular weight excluding hydrogens is 232 g/mol. The Labute approximate surface area is 97.7 Å². The molecule has 0 saturated carbocycles. The average Bonchev–Trinajstić information content (AvgIpc) is 2.15. The summed E-state index contributed by atoms with van der Waals surface area (Å²) in [6.07, 6.45) is 2.57. The van der Waals surface area contributed by atoms with Gasteiger partial charge in [0.25, 0.3) is 0 Å². The Hall–Kier alpha value is -0.610. The number of anilines is 1. The van der Waals surface area contributed by atoms with Gasteiger partial charge >= 0.3 is 0 Å². The number of nitrogens with zero attached hydrogens (tertiary/aromatic N) is 1. The highest BCUT2D eigenvalue weighted by Crippen LogP contribution is 2.11. The van der Waals surface area contributed by atoms with Gasteiger partial charge < -0.3 is 5.32 Å². The summed E-state index contributed by atoms with van der Waals surface area (Å²) in [6, 6.07) is 5.70. The second-order valence-electron chi connectivity index (χ2n) is 3.46. The van der Waals surface area contributed by atoms with Crippen LogP contribution in [0.5, 0.6) is 0 Å². The zero-order chi connectivity index (χ0) is 11.3. The maximum Gasteiger partial charge on any atom is 0.131 e. The zero-order valence-corrected chi connectivity index (χ0v) is 10.4. The van der Waals surface area contributed by atoms with E-state index in [1.165, 1.54) is 0 Å². The first-order chi connectivity index (χ1) is 7.08. The fourth-order valence-corrected chi connectivity index (χ4v) is 2.01. The summed E-state index contributed by atoms with van der Waals surface area (Å²) < 4.78 is 10.9. The van der Waals surface area contributed by atoms with Crippen LogP contribution in [0.1, 0.15) is 13.3 Å². The van der Waals surface area contributed by atoms with Crippen LogP contribution < -0.4 is 5.32 Å². The summed E-state index contributed by atoms with van der Waals surface area (Å²) in [5.41, 5.74) is 0. The monoisotopic (exact) mass is 246 g/mol. The van der Waals surface area contributed by atoms with E-state index in [-0.39, 0.29) is 6.04 Å². The van der Waals surface area contributed by atoms with Gasteiger partial charge in [0.2, 0.25) is 0 Å². The molecule has 0 spiro atoms. The summed E-state index contributed by atoms with van der Waals surface area (Å²) in [5, 5.41) is 3.69. The van der Waals surface area contributed by atoms with Gasteiger partial charge in [-0.25, -0.2) is 4.98 Å². The second kappa shape index (κ2) is 6.08. The van der Waals surface area contributed by atoms with Crippen LogP contribution >= 0.6 is 11.6 Å². The van der Waals surface area contributed by atoms with Crippen LogP contribution in [0.15, 0.2) is 18.2 Å². The average molecular weight is 247 g/mol. The molecule has 3 nitrogen and oxygen atoms in total. The lowest BCUT2D eigenvalue weighted by atomic mass is 10.2. The lowest BCUT2D eigenvalue weighted by Crippen LogP contribution is -2.18. The largest absolute Gasteiger partial charge is 0.368 e. The van der Waals surface area contributed by atoms with Crippen LogP contribution in [0.3, 0.4) is 0 Å². The Morgan fingerprint density at radius 2 is 2.33 bits per heavy atom. The molecule has 0 bridgehead atoms. The van der Waals surface area contributed by atoms with Crippen molar-refractivity contribution in [2.75, 3.05) is 17.3 Å². The van der Waals surface area contributed by atoms with E-state index in [1.807, 2.05) is 19.1 Å². The maximum absolute atomic E-state index is 10.9. The first-order valence-electron chi connectivity index (χ1n) is 4.77. The first kappa shape index (κ1) is 12.5. The van der Waals surface area contributed by atoms with Crippen molar-refractivity contribution in [1.82, 2.24) is 4.98 Å². The van der Waals surface area contributed by atoms with Crippen molar-refractivity contribution in [2.45, 2.75) is 19.4 Å². The van der Waals surface area contributed by atoms with Crippen LogP contribution in [0.2, 0.25) is 5.15 Å². The third kappa shape index (κ3) is 5.14. The highest BCUT2D eigenvalue weighted by molar-refractivity contribution is 7.84. The highest BCUT2D eigenvalue weighted by Gasteiger charge is 2.04. The van der Waals surface area contributed by atoms with E-state index in [9.17, 15) is 4.21 Å². The summed E-state index contributed by atoms with van der Waals surface area (Å²) >= 11 is 5.76. The van der Waals surface area contributed by atoms with Gasteiger partial charge in [0.15, 0.2) is 0 Å². The molecule has 1 aromatic rings. The van der Waals surface area contributed by atoms with Crippen molar-refractivity contribution in [3.05, 3.63) is 23.4 Å². The van der Waals surface area contributed by atoms with Gasteiger partial charge in [-0.3, -0.25) is 4.21 Å². The molecule has 1 rings (SSSR count). The van der Waals surface area contributed by atoms with Crippen LogP contribution in [0.4, 0.5) is 5.82 Å². The molecule has 0 fully saturated rings. The number of hydrogen-bond acceptors (Lipinski definition) is 3. The van der Waals surface area contributed by atoms with Crippen LogP contribution in [0, 0.1) is 0 Å². The fraction of sp³-hybridized carbons (Fsp3) is 0.500. The summed E-state index contributed by atoms with van der Waals surface area (Å²) in [4.78, 5) is 4.12. The summed E-state index contributed by atoms with van der Waals surface area (Å²) in [6.45, 7) is 2.04. The smallest absolute Gasteiger partial charge is 0.131 e. The Morgan fingerprint density at radius 3 is 2.93 bits per heavy atom. The van der Waals surface area contributed by atoms with Crippen molar-refractivity contribution in [2.24, 2.45) is 0 Å². The number of halogens is 1. The molecule has 0 aromatic carbocycles. The molecule has 0 aliphatic heterocycles. The van der Waals surface area contributed by atoms with E-state index in [4.69, 9.17) is 11.6 Å². The van der Waals surface area contributed by atoms with E-state index in [1.54, 1.807) is 12.3 Å². The number of pyridine rings is 1. The Morgan fingerprint density at radius 1 is 1.60 bits per heavy atom. The number of aromatic nitrogens is 1. The van der Waals surface area contributed by atoms with Gasteiger partial charge in [0.05, 0.1) is 0 Å². The molecule has 1 N–H and O–H groups in total. The molecule has 84 valence electrons. The minimum absolute atomic E-state index is 0.250. The Bertz CT molecular complexity index is 346. The van der Waals surface area contributed by atoms with Gasteiger partial charge in [-0.15, -0.1) is 0 Å². The molecule has 0 aliphatic rings. The Balaban J connectivity index is 2.44. The minimum atomic E-state index is -0.735. The van der Waals surface area contributed by atoms with E-state index < -0.39 is 10.8 Å². The number of nitrogens with one attached hydrogen (secondary N) is 1. The Kier molecular flexibility index (Phi) is 5.05. The predicted molar refractivity (Wildman–Crippen MR) is 65.9 cm³/mol. The van der Waals surface area contributed by atoms with Crippen LogP contribution in [-0.2, 0) is 10.8 Å². The molecule has 2 unspecified atom stereocenters. The van der Waals surface area contributed by atoms with Crippen LogP contribution in [-0.4, -0.2) is 27.2 Å². The standard InChI is InChI=1S/C10H15ClN2OS/c1-8(6-7-15(2)14)12-10-5-3-4-9(11)13-10/h3-5,8H,6-7H2,1-2H3,(H,12,13). The van der Waals surface area contributed by atoms with Gasteiger partial charge in [0.1, 0.15) is 11.0 Å². The third-order valence-electron chi connectivity index (χ3n) is 1.95. The quantitative estimate of drug-likeness (QED) is 0.811. The molecule has 0 amide bonds. The molecule has 0 aliphatic carbocycles. The normalized spacial score (nSPS) is 14.6. The van der Waals surface area contributed by atoms with E-state index in [0.29, 0.717) is 10.9 Å². The maximum atomic E-state index is 10.9. The molecule has 1 heterocycles. The van der Waals surface area contributed by atoms with E-state index >= 15 is 0 Å². The second-order valence-corrected chi connectivity index (χ2v) is 5.40. The minimum Gasteiger partial charge on any atom is -0.368 e. The molecule has 0 radical (unpaired) electrons. The van der Waals surface area contributed by atoms with Gasteiger partial charge in [-0.1, -0.05) is 17.7 Å². The lowest BCUT2D eigenvalue weighted by molar-refractivity contribution is 0.678. The molecule has 5 heteroatoms. The van der Waals surface area contributed by atoms with Crippen molar-refractivity contribution in [3.8, 4) is 0 Å². The van der Waals surface area contributed by atoms with Crippen molar-refractivity contribution >= 4 is 28.2 Å². The lowest BCUT2D eigenvalue weighted by Gasteiger charge is -2.13. The first-order valence-corrected chi connectivity index (χ1v) is 6.87. The predicted octanol–water partition coefficient (Wildman–Crippen LogP) is 2.30. The molecule has 1 aromatic heterocycles. The summed E-state index contributed by atoms with van der Waals surface area (Å²) in [5.74, 6) is 1.46. The van der Waals surface area contributed by atoms with Crippen molar-refractivity contribution in [3.63, 3.8) is 0 Å². The molecule has 0 saturated heterocycles. The molecule has 2 atom stereocenters. The molecule has 15 heavy (non-hydrogen) atoms. The highest BCUT2D eigenvalue weighted by atomic mass is 35.5. The zero-order valence-electron chi connectivity index (χ0n) is 8.87. The summed E-state index contributed by atoms with van der Waals surface area (Å²) in [7, 11) is -0.735. The van der Waals surface area contributed by atoms with Crippen LogP contribution in [0.25, 0.3) is 0 Å². The number of rotatable bonds is 5. The van der Waals surface area contributed by atoms with Crippen molar-refractivity contribution < 1.29 is 4.21 Å².